The molecular formula is C6H16OSi2. The molecule has 0 N–H and O–H groups in total. The second kappa shape index (κ2) is 3.34. The molecule has 0 saturated carbocycles. The van der Waals surface area contributed by atoms with Gasteiger partial charge in [0, 0.05) is 0 Å². The third-order valence-electron chi connectivity index (χ3n) is 1.03. The summed E-state index contributed by atoms with van der Waals surface area (Å²) in [6.45, 7) is 12.5. The van der Waals surface area contributed by atoms with E-state index in [4.69, 9.17) is 4.12 Å². The van der Waals surface area contributed by atoms with Crippen molar-refractivity contribution in [2.75, 3.05) is 0 Å². The Morgan fingerprint density at radius 3 is 2.00 bits per heavy atom. The largest absolute Gasteiger partial charge is 0.455 e. The number of hydrogen-bond donors (Lipinski definition) is 0. The fourth-order valence-electron chi connectivity index (χ4n) is 0.656. The molecule has 0 aliphatic rings. The van der Waals surface area contributed by atoms with Gasteiger partial charge in [-0.05, 0) is 26.2 Å². The van der Waals surface area contributed by atoms with Gasteiger partial charge in [0.1, 0.15) is 0 Å². The van der Waals surface area contributed by atoms with E-state index in [-0.39, 0.29) is 0 Å². The molecule has 0 aromatic rings. The van der Waals surface area contributed by atoms with E-state index in [1.165, 1.54) is 0 Å². The zero-order chi connectivity index (χ0) is 7.49. The maximum absolute atomic E-state index is 5.75. The van der Waals surface area contributed by atoms with Gasteiger partial charge in [-0.25, -0.2) is 0 Å². The van der Waals surface area contributed by atoms with Crippen molar-refractivity contribution >= 4 is 17.4 Å². The van der Waals surface area contributed by atoms with Crippen LogP contribution in [0.25, 0.3) is 0 Å². The molecule has 0 amide bonds. The topological polar surface area (TPSA) is 9.23 Å². The van der Waals surface area contributed by atoms with Crippen LogP contribution in [-0.2, 0) is 4.12 Å². The molecule has 0 aromatic carbocycles. The van der Waals surface area contributed by atoms with Gasteiger partial charge in [-0.2, -0.15) is 0 Å². The molecule has 0 radical (unpaired) electrons. The van der Waals surface area contributed by atoms with Crippen LogP contribution in [-0.4, -0.2) is 17.4 Å². The Balaban J connectivity index is 3.71. The maximum atomic E-state index is 5.75. The molecule has 54 valence electrons. The Morgan fingerprint density at radius 2 is 1.89 bits per heavy atom. The highest BCUT2D eigenvalue weighted by molar-refractivity contribution is 6.81. The van der Waals surface area contributed by atoms with Crippen molar-refractivity contribution in [1.82, 2.24) is 0 Å². The van der Waals surface area contributed by atoms with Gasteiger partial charge in [0.15, 0.2) is 17.4 Å². The lowest BCUT2D eigenvalue weighted by Gasteiger charge is -2.20. The highest BCUT2D eigenvalue weighted by Crippen LogP contribution is 2.05. The van der Waals surface area contributed by atoms with Crippen molar-refractivity contribution in [2.45, 2.75) is 26.2 Å². The minimum Gasteiger partial charge on any atom is -0.455 e. The van der Waals surface area contributed by atoms with Crippen molar-refractivity contribution in [3.63, 3.8) is 0 Å². The molecule has 9 heavy (non-hydrogen) atoms. The minimum absolute atomic E-state index is 0.823. The average Bonchev–Trinajstić information content (AvgIpc) is 1.63. The summed E-state index contributed by atoms with van der Waals surface area (Å²) >= 11 is 0. The van der Waals surface area contributed by atoms with Gasteiger partial charge in [0.2, 0.25) is 0 Å². The quantitative estimate of drug-likeness (QED) is 0.573. The van der Waals surface area contributed by atoms with Crippen LogP contribution in [0.15, 0.2) is 12.3 Å². The van der Waals surface area contributed by atoms with Crippen LogP contribution in [0.4, 0.5) is 0 Å². The molecule has 0 heterocycles. The summed E-state index contributed by atoms with van der Waals surface area (Å²) in [4.78, 5) is 0. The number of rotatable bonds is 3. The summed E-state index contributed by atoms with van der Waals surface area (Å²) in [7, 11) is -2.24. The third-order valence-corrected chi connectivity index (χ3v) is 6.33. The highest BCUT2D eigenvalue weighted by atomic mass is 28.4. The zero-order valence-electron chi connectivity index (χ0n) is 6.77. The molecule has 0 fully saturated rings. The standard InChI is InChI=1S/C6H16OSi2/c1-6-9(4,5)7-8(2)3/h6,8H,1H2,2-5H3. The van der Waals surface area contributed by atoms with E-state index in [0.29, 0.717) is 0 Å². The van der Waals surface area contributed by atoms with E-state index in [1.807, 2.05) is 5.70 Å². The Morgan fingerprint density at radius 1 is 1.44 bits per heavy atom. The molecule has 0 atom stereocenters. The van der Waals surface area contributed by atoms with Gasteiger partial charge in [-0.3, -0.25) is 0 Å². The lowest BCUT2D eigenvalue weighted by molar-refractivity contribution is 0.589. The number of hydrogen-bond acceptors (Lipinski definition) is 1. The fourth-order valence-corrected chi connectivity index (χ4v) is 5.90. The van der Waals surface area contributed by atoms with E-state index in [1.54, 1.807) is 0 Å². The zero-order valence-corrected chi connectivity index (χ0v) is 8.92. The van der Waals surface area contributed by atoms with Crippen molar-refractivity contribution in [3.05, 3.63) is 12.3 Å². The van der Waals surface area contributed by atoms with Gasteiger partial charge < -0.3 is 4.12 Å². The van der Waals surface area contributed by atoms with Crippen molar-refractivity contribution in [2.24, 2.45) is 0 Å². The first-order valence-corrected chi connectivity index (χ1v) is 9.06. The molecule has 0 spiro atoms. The van der Waals surface area contributed by atoms with Gasteiger partial charge >= 0.3 is 0 Å². The van der Waals surface area contributed by atoms with Gasteiger partial charge in [-0.15, -0.1) is 6.58 Å². The second-order valence-corrected chi connectivity index (χ2v) is 9.63. The summed E-state index contributed by atoms with van der Waals surface area (Å²) in [5.41, 5.74) is 1.99. The van der Waals surface area contributed by atoms with Crippen molar-refractivity contribution < 1.29 is 4.12 Å². The van der Waals surface area contributed by atoms with Crippen LogP contribution in [0.5, 0.6) is 0 Å². The Kier molecular flexibility index (Phi) is 3.39. The first kappa shape index (κ1) is 9.13. The smallest absolute Gasteiger partial charge is 0.197 e. The predicted molar refractivity (Wildman–Crippen MR) is 47.6 cm³/mol. The van der Waals surface area contributed by atoms with Crippen LogP contribution in [0.1, 0.15) is 0 Å². The normalized spacial score (nSPS) is 12.1. The Bertz CT molecular complexity index is 99.2. The first-order chi connectivity index (χ1) is 3.98. The van der Waals surface area contributed by atoms with E-state index in [9.17, 15) is 0 Å². The summed E-state index contributed by atoms with van der Waals surface area (Å²) in [6, 6.07) is 0. The van der Waals surface area contributed by atoms with Crippen molar-refractivity contribution in [3.8, 4) is 0 Å². The molecule has 1 nitrogen and oxygen atoms in total. The van der Waals surface area contributed by atoms with E-state index in [0.717, 1.165) is 0 Å². The second-order valence-electron chi connectivity index (χ2n) is 2.97. The first-order valence-electron chi connectivity index (χ1n) is 3.29. The van der Waals surface area contributed by atoms with Crippen LogP contribution >= 0.6 is 0 Å². The molecule has 0 saturated heterocycles. The maximum Gasteiger partial charge on any atom is 0.197 e. The fraction of sp³-hybridized carbons (Fsp3) is 0.667. The van der Waals surface area contributed by atoms with E-state index in [2.05, 4.69) is 32.8 Å². The third kappa shape index (κ3) is 4.63. The average molecular weight is 160 g/mol. The van der Waals surface area contributed by atoms with Crippen LogP contribution < -0.4 is 0 Å². The molecule has 0 aromatic heterocycles. The van der Waals surface area contributed by atoms with Crippen LogP contribution in [0, 0.1) is 0 Å². The predicted octanol–water partition coefficient (Wildman–Crippen LogP) is 1.92. The lowest BCUT2D eigenvalue weighted by Crippen LogP contribution is -2.32. The van der Waals surface area contributed by atoms with Crippen molar-refractivity contribution in [1.29, 1.82) is 0 Å². The summed E-state index contributed by atoms with van der Waals surface area (Å²) in [5.74, 6) is 0. The monoisotopic (exact) mass is 160 g/mol. The van der Waals surface area contributed by atoms with E-state index >= 15 is 0 Å². The lowest BCUT2D eigenvalue weighted by atomic mass is 11.3. The Hall–Kier alpha value is 0.134. The van der Waals surface area contributed by atoms with Gasteiger partial charge in [0.25, 0.3) is 0 Å². The molecule has 0 bridgehead atoms. The van der Waals surface area contributed by atoms with Crippen LogP contribution in [0.2, 0.25) is 26.2 Å². The Labute approximate surface area is 60.6 Å². The summed E-state index contributed by atoms with van der Waals surface area (Å²) in [5, 5.41) is 0. The molecule has 0 rings (SSSR count). The molecule has 3 heteroatoms. The van der Waals surface area contributed by atoms with Gasteiger partial charge in [0.05, 0.1) is 0 Å². The summed E-state index contributed by atoms with van der Waals surface area (Å²) < 4.78 is 5.75. The highest BCUT2D eigenvalue weighted by Gasteiger charge is 2.18. The molecule has 0 unspecified atom stereocenters. The SMILES string of the molecule is C=C[Si](C)(C)O[SiH](C)C. The minimum atomic E-state index is -1.41. The van der Waals surface area contributed by atoms with Crippen LogP contribution in [0.3, 0.4) is 0 Å². The summed E-state index contributed by atoms with van der Waals surface area (Å²) in [6.07, 6.45) is 0. The molecular weight excluding hydrogens is 144 g/mol. The molecule has 0 aliphatic carbocycles. The van der Waals surface area contributed by atoms with Gasteiger partial charge in [-0.1, -0.05) is 5.70 Å². The van der Waals surface area contributed by atoms with E-state index < -0.39 is 17.4 Å². The molecule has 0 aliphatic heterocycles.